The molecule has 1 aliphatic heterocycles. The molecule has 0 radical (unpaired) electrons. The van der Waals surface area contributed by atoms with E-state index in [0.717, 1.165) is 28.7 Å². The van der Waals surface area contributed by atoms with Crippen LogP contribution in [0, 0.1) is 0 Å². The Kier molecular flexibility index (Phi) is 2.83. The van der Waals surface area contributed by atoms with Gasteiger partial charge in [0.2, 0.25) is 6.79 Å². The van der Waals surface area contributed by atoms with Gasteiger partial charge in [0.1, 0.15) is 5.82 Å². The second kappa shape index (κ2) is 4.81. The summed E-state index contributed by atoms with van der Waals surface area (Å²) in [6.45, 7) is 0.292. The Morgan fingerprint density at radius 3 is 2.80 bits per heavy atom. The average Bonchev–Trinajstić information content (AvgIpc) is 3.16. The average molecular weight is 271 g/mol. The van der Waals surface area contributed by atoms with Crippen LogP contribution < -0.4 is 9.47 Å². The number of hydrogen-bond acceptors (Lipinski definition) is 4. The fourth-order valence-electron chi connectivity index (χ4n) is 3.00. The number of nitrogens with zero attached hydrogens (tertiary/aromatic N) is 2. The Hall–Kier alpha value is -2.04. The second-order valence-electron chi connectivity index (χ2n) is 5.45. The molecular formula is C15H17N3O2. The molecule has 0 unspecified atom stereocenters. The summed E-state index contributed by atoms with van der Waals surface area (Å²) in [5.41, 5.74) is 0.965. The highest BCUT2D eigenvalue weighted by molar-refractivity contribution is 5.61. The lowest BCUT2D eigenvalue weighted by molar-refractivity contribution is 0.174. The molecule has 1 N–H and O–H groups in total. The third-order valence-electron chi connectivity index (χ3n) is 4.13. The first-order chi connectivity index (χ1) is 9.90. The fourth-order valence-corrected chi connectivity index (χ4v) is 3.00. The molecule has 0 saturated heterocycles. The summed E-state index contributed by atoms with van der Waals surface area (Å²) in [4.78, 5) is 4.67. The van der Waals surface area contributed by atoms with Crippen LogP contribution in [0.15, 0.2) is 18.2 Å². The molecule has 1 saturated carbocycles. The summed E-state index contributed by atoms with van der Waals surface area (Å²) >= 11 is 0. The number of ether oxygens (including phenoxy) is 2. The van der Waals surface area contributed by atoms with Gasteiger partial charge in [0.05, 0.1) is 0 Å². The molecule has 4 rings (SSSR count). The number of aromatic amines is 1. The molecule has 2 aromatic rings. The molecule has 2 heterocycles. The van der Waals surface area contributed by atoms with Crippen LogP contribution in [-0.4, -0.2) is 22.0 Å². The van der Waals surface area contributed by atoms with Crippen molar-refractivity contribution in [2.45, 2.75) is 38.0 Å². The van der Waals surface area contributed by atoms with Gasteiger partial charge in [0, 0.05) is 11.5 Å². The lowest BCUT2D eigenvalue weighted by Gasteiger charge is -2.18. The number of aromatic nitrogens is 3. The standard InChI is InChI=1S/C15H17N3O2/c1-2-4-10(5-3-1)14-16-15(18-17-14)11-6-7-12-13(8-11)20-9-19-12/h6-8,10H,1-5,9H2,(H,16,17,18). The quantitative estimate of drug-likeness (QED) is 0.910. The van der Waals surface area contributed by atoms with E-state index in [2.05, 4.69) is 15.2 Å². The summed E-state index contributed by atoms with van der Waals surface area (Å²) in [5, 5.41) is 7.46. The highest BCUT2D eigenvalue weighted by Gasteiger charge is 2.20. The first-order valence-electron chi connectivity index (χ1n) is 7.22. The summed E-state index contributed by atoms with van der Waals surface area (Å²) < 4.78 is 10.7. The van der Waals surface area contributed by atoms with Crippen LogP contribution in [0.2, 0.25) is 0 Å². The maximum atomic E-state index is 5.40. The first-order valence-corrected chi connectivity index (χ1v) is 7.22. The molecule has 0 atom stereocenters. The number of rotatable bonds is 2. The van der Waals surface area contributed by atoms with E-state index < -0.39 is 0 Å². The predicted molar refractivity (Wildman–Crippen MR) is 73.8 cm³/mol. The number of hydrogen-bond donors (Lipinski definition) is 1. The summed E-state index contributed by atoms with van der Waals surface area (Å²) in [5.74, 6) is 3.86. The molecule has 1 aliphatic carbocycles. The molecule has 1 aromatic carbocycles. The highest BCUT2D eigenvalue weighted by atomic mass is 16.7. The van der Waals surface area contributed by atoms with E-state index in [-0.39, 0.29) is 0 Å². The molecule has 5 heteroatoms. The Morgan fingerprint density at radius 2 is 1.90 bits per heavy atom. The zero-order chi connectivity index (χ0) is 13.4. The van der Waals surface area contributed by atoms with Crippen LogP contribution in [0.3, 0.4) is 0 Å². The molecular weight excluding hydrogens is 254 g/mol. The third kappa shape index (κ3) is 2.03. The van der Waals surface area contributed by atoms with Crippen molar-refractivity contribution in [2.24, 2.45) is 0 Å². The van der Waals surface area contributed by atoms with Gasteiger partial charge >= 0.3 is 0 Å². The molecule has 104 valence electrons. The Balaban J connectivity index is 1.61. The Morgan fingerprint density at radius 1 is 1.05 bits per heavy atom. The summed E-state index contributed by atoms with van der Waals surface area (Å²) in [7, 11) is 0. The maximum absolute atomic E-state index is 5.40. The first kappa shape index (κ1) is 11.8. The molecule has 5 nitrogen and oxygen atoms in total. The SMILES string of the molecule is c1cc2c(cc1-c1n[nH]c(C3CCCCC3)n1)OCO2. The van der Waals surface area contributed by atoms with Crippen molar-refractivity contribution < 1.29 is 9.47 Å². The third-order valence-corrected chi connectivity index (χ3v) is 4.13. The van der Waals surface area contributed by atoms with E-state index in [9.17, 15) is 0 Å². The van der Waals surface area contributed by atoms with Crippen molar-refractivity contribution in [3.8, 4) is 22.9 Å². The lowest BCUT2D eigenvalue weighted by atomic mass is 9.89. The van der Waals surface area contributed by atoms with E-state index in [0.29, 0.717) is 12.7 Å². The highest BCUT2D eigenvalue weighted by Crippen LogP contribution is 2.36. The Labute approximate surface area is 117 Å². The van der Waals surface area contributed by atoms with E-state index in [1.54, 1.807) is 0 Å². The topological polar surface area (TPSA) is 60.0 Å². The lowest BCUT2D eigenvalue weighted by Crippen LogP contribution is -2.06. The minimum absolute atomic E-state index is 0.292. The van der Waals surface area contributed by atoms with Crippen molar-refractivity contribution in [1.82, 2.24) is 15.2 Å². The monoisotopic (exact) mass is 271 g/mol. The van der Waals surface area contributed by atoms with Crippen molar-refractivity contribution in [3.63, 3.8) is 0 Å². The molecule has 0 amide bonds. The van der Waals surface area contributed by atoms with Gasteiger partial charge in [-0.05, 0) is 31.0 Å². The smallest absolute Gasteiger partial charge is 0.231 e. The number of fused-ring (bicyclic) bond motifs is 1. The number of H-pyrrole nitrogens is 1. The van der Waals surface area contributed by atoms with Crippen LogP contribution in [-0.2, 0) is 0 Å². The molecule has 1 fully saturated rings. The second-order valence-corrected chi connectivity index (χ2v) is 5.45. The summed E-state index contributed by atoms with van der Waals surface area (Å²) in [6.07, 6.45) is 6.38. The van der Waals surface area contributed by atoms with Gasteiger partial charge in [0.15, 0.2) is 17.3 Å². The molecule has 1 aromatic heterocycles. The minimum Gasteiger partial charge on any atom is -0.454 e. The zero-order valence-corrected chi connectivity index (χ0v) is 11.3. The van der Waals surface area contributed by atoms with Gasteiger partial charge in [-0.1, -0.05) is 19.3 Å². The van der Waals surface area contributed by atoms with E-state index in [4.69, 9.17) is 9.47 Å². The van der Waals surface area contributed by atoms with Crippen LogP contribution >= 0.6 is 0 Å². The van der Waals surface area contributed by atoms with Crippen LogP contribution in [0.5, 0.6) is 11.5 Å². The molecule has 20 heavy (non-hydrogen) atoms. The molecule has 0 spiro atoms. The van der Waals surface area contributed by atoms with Gasteiger partial charge in [-0.25, -0.2) is 4.98 Å². The van der Waals surface area contributed by atoms with Crippen LogP contribution in [0.4, 0.5) is 0 Å². The van der Waals surface area contributed by atoms with Gasteiger partial charge in [-0.15, -0.1) is 0 Å². The van der Waals surface area contributed by atoms with Crippen molar-refractivity contribution in [3.05, 3.63) is 24.0 Å². The zero-order valence-electron chi connectivity index (χ0n) is 11.3. The van der Waals surface area contributed by atoms with E-state index >= 15 is 0 Å². The predicted octanol–water partition coefficient (Wildman–Crippen LogP) is 3.25. The van der Waals surface area contributed by atoms with Crippen molar-refractivity contribution >= 4 is 0 Å². The van der Waals surface area contributed by atoms with Gasteiger partial charge < -0.3 is 9.47 Å². The van der Waals surface area contributed by atoms with Crippen LogP contribution in [0.25, 0.3) is 11.4 Å². The van der Waals surface area contributed by atoms with Crippen LogP contribution in [0.1, 0.15) is 43.8 Å². The summed E-state index contributed by atoms with van der Waals surface area (Å²) in [6, 6.07) is 5.83. The normalized spacial score (nSPS) is 18.4. The fraction of sp³-hybridized carbons (Fsp3) is 0.467. The van der Waals surface area contributed by atoms with Crippen molar-refractivity contribution in [1.29, 1.82) is 0 Å². The van der Waals surface area contributed by atoms with Gasteiger partial charge in [-0.2, -0.15) is 5.10 Å². The molecule has 2 aliphatic rings. The molecule has 0 bridgehead atoms. The number of benzene rings is 1. The van der Waals surface area contributed by atoms with Gasteiger partial charge in [-0.3, -0.25) is 5.10 Å². The Bertz CT molecular complexity index is 617. The number of nitrogens with one attached hydrogen (secondary N) is 1. The van der Waals surface area contributed by atoms with E-state index in [1.807, 2.05) is 18.2 Å². The maximum Gasteiger partial charge on any atom is 0.231 e. The van der Waals surface area contributed by atoms with Crippen molar-refractivity contribution in [2.75, 3.05) is 6.79 Å². The largest absolute Gasteiger partial charge is 0.454 e. The minimum atomic E-state index is 0.292. The van der Waals surface area contributed by atoms with E-state index in [1.165, 1.54) is 32.1 Å². The van der Waals surface area contributed by atoms with Gasteiger partial charge in [0.25, 0.3) is 0 Å².